The molecule has 2 N–H and O–H groups in total. The first-order chi connectivity index (χ1) is 10.1. The van der Waals surface area contributed by atoms with Gasteiger partial charge >= 0.3 is 0 Å². The Balaban J connectivity index is 1.60. The lowest BCUT2D eigenvalue weighted by atomic mass is 10.2. The minimum atomic E-state index is -3.38. The summed E-state index contributed by atoms with van der Waals surface area (Å²) < 4.78 is 27.5. The lowest BCUT2D eigenvalue weighted by molar-refractivity contribution is 0.543. The Morgan fingerprint density at radius 1 is 1.10 bits per heavy atom. The third-order valence-electron chi connectivity index (χ3n) is 3.89. The third kappa shape index (κ3) is 4.45. The summed E-state index contributed by atoms with van der Waals surface area (Å²) in [6.45, 7) is 0.817. The molecular weight excluding hydrogens is 304 g/mol. The van der Waals surface area contributed by atoms with Gasteiger partial charge in [0.05, 0.1) is 4.90 Å². The smallest absolute Gasteiger partial charge is 0.240 e. The molecule has 0 spiro atoms. The summed E-state index contributed by atoms with van der Waals surface area (Å²) >= 11 is 1.82. The molecule has 1 saturated heterocycles. The van der Waals surface area contributed by atoms with E-state index in [1.165, 1.54) is 12.8 Å². The highest BCUT2D eigenvalue weighted by Gasteiger charge is 2.22. The molecular formula is C15H22N2O2S2. The zero-order chi connectivity index (χ0) is 14.7. The highest BCUT2D eigenvalue weighted by molar-refractivity contribution is 7.99. The van der Waals surface area contributed by atoms with Crippen molar-refractivity contribution in [3.05, 3.63) is 29.8 Å². The van der Waals surface area contributed by atoms with Gasteiger partial charge in [0.25, 0.3) is 0 Å². The van der Waals surface area contributed by atoms with E-state index in [1.807, 2.05) is 23.9 Å². The molecule has 0 radical (unpaired) electrons. The fourth-order valence-corrected chi connectivity index (χ4v) is 4.91. The predicted molar refractivity (Wildman–Crippen MR) is 87.0 cm³/mol. The van der Waals surface area contributed by atoms with E-state index in [9.17, 15) is 8.42 Å². The van der Waals surface area contributed by atoms with Crippen molar-refractivity contribution in [3.8, 4) is 0 Å². The van der Waals surface area contributed by atoms with Gasteiger partial charge in [-0.3, -0.25) is 0 Å². The van der Waals surface area contributed by atoms with E-state index in [2.05, 4.69) is 10.0 Å². The monoisotopic (exact) mass is 326 g/mol. The topological polar surface area (TPSA) is 58.2 Å². The van der Waals surface area contributed by atoms with Crippen molar-refractivity contribution >= 4 is 21.8 Å². The maximum Gasteiger partial charge on any atom is 0.240 e. The fourth-order valence-electron chi connectivity index (χ4n) is 2.46. The zero-order valence-corrected chi connectivity index (χ0v) is 13.7. The molecule has 2 fully saturated rings. The van der Waals surface area contributed by atoms with E-state index in [0.29, 0.717) is 10.9 Å². The summed E-state index contributed by atoms with van der Waals surface area (Å²) in [6, 6.07) is 7.97. The number of hydrogen-bond donors (Lipinski definition) is 2. The molecule has 0 bridgehead atoms. The average Bonchev–Trinajstić information content (AvgIpc) is 3.30. The molecule has 1 aliphatic carbocycles. The van der Waals surface area contributed by atoms with Gasteiger partial charge in [-0.2, -0.15) is 11.8 Å². The van der Waals surface area contributed by atoms with Crippen LogP contribution in [0.15, 0.2) is 29.2 Å². The van der Waals surface area contributed by atoms with Crippen LogP contribution >= 0.6 is 11.8 Å². The van der Waals surface area contributed by atoms with E-state index in [-0.39, 0.29) is 6.04 Å². The van der Waals surface area contributed by atoms with Crippen LogP contribution in [0.1, 0.15) is 31.2 Å². The van der Waals surface area contributed by atoms with Gasteiger partial charge in [0.1, 0.15) is 0 Å². The molecule has 0 aromatic heterocycles. The van der Waals surface area contributed by atoms with E-state index < -0.39 is 10.0 Å². The summed E-state index contributed by atoms with van der Waals surface area (Å²) in [5.74, 6) is 2.02. The Bertz CT molecular complexity index is 562. The number of benzene rings is 1. The second kappa shape index (κ2) is 6.69. The molecule has 1 unspecified atom stereocenters. The molecule has 4 nitrogen and oxygen atoms in total. The zero-order valence-electron chi connectivity index (χ0n) is 12.0. The highest BCUT2D eigenvalue weighted by atomic mass is 32.2. The van der Waals surface area contributed by atoms with Crippen molar-refractivity contribution in [1.29, 1.82) is 0 Å². The van der Waals surface area contributed by atoms with Crippen LogP contribution in [-0.2, 0) is 16.6 Å². The Morgan fingerprint density at radius 2 is 1.86 bits per heavy atom. The van der Waals surface area contributed by atoms with Crippen molar-refractivity contribution < 1.29 is 8.42 Å². The standard InChI is InChI=1S/C15H22N2O2S2/c18-21(19,17-14-2-1-9-20-11-14)15-7-3-12(4-8-15)10-16-13-5-6-13/h3-4,7-8,13-14,16-17H,1-2,5-6,9-11H2. The first-order valence-corrected chi connectivity index (χ1v) is 10.2. The van der Waals surface area contributed by atoms with Crippen LogP contribution in [0.5, 0.6) is 0 Å². The van der Waals surface area contributed by atoms with Gasteiger partial charge in [0.15, 0.2) is 0 Å². The molecule has 3 rings (SSSR count). The summed E-state index contributed by atoms with van der Waals surface area (Å²) in [5.41, 5.74) is 1.13. The minimum Gasteiger partial charge on any atom is -0.310 e. The van der Waals surface area contributed by atoms with E-state index in [4.69, 9.17) is 0 Å². The number of hydrogen-bond acceptors (Lipinski definition) is 4. The van der Waals surface area contributed by atoms with Crippen molar-refractivity contribution in [2.24, 2.45) is 0 Å². The molecule has 21 heavy (non-hydrogen) atoms. The predicted octanol–water partition coefficient (Wildman–Crippen LogP) is 2.11. The Morgan fingerprint density at radius 3 is 2.48 bits per heavy atom. The van der Waals surface area contributed by atoms with Gasteiger partial charge in [-0.25, -0.2) is 13.1 Å². The van der Waals surface area contributed by atoms with E-state index >= 15 is 0 Å². The second-order valence-electron chi connectivity index (χ2n) is 5.83. The SMILES string of the molecule is O=S(=O)(NC1CCCSC1)c1ccc(CNC2CC2)cc1. The Hall–Kier alpha value is -0.560. The van der Waals surface area contributed by atoms with Gasteiger partial charge in [0, 0.05) is 24.4 Å². The summed E-state index contributed by atoms with van der Waals surface area (Å²) in [6.07, 6.45) is 4.55. The van der Waals surface area contributed by atoms with Gasteiger partial charge in [0.2, 0.25) is 10.0 Å². The summed E-state index contributed by atoms with van der Waals surface area (Å²) in [4.78, 5) is 0.369. The van der Waals surface area contributed by atoms with Crippen LogP contribution in [0.3, 0.4) is 0 Å². The van der Waals surface area contributed by atoms with E-state index in [1.54, 1.807) is 12.1 Å². The summed E-state index contributed by atoms with van der Waals surface area (Å²) in [7, 11) is -3.38. The number of nitrogens with one attached hydrogen (secondary N) is 2. The van der Waals surface area contributed by atoms with Crippen molar-refractivity contribution in [3.63, 3.8) is 0 Å². The molecule has 1 atom stereocenters. The largest absolute Gasteiger partial charge is 0.310 e. The molecule has 116 valence electrons. The molecule has 1 aromatic carbocycles. The molecule has 1 heterocycles. The van der Waals surface area contributed by atoms with Crippen molar-refractivity contribution in [2.45, 2.75) is 49.2 Å². The van der Waals surface area contributed by atoms with Crippen LogP contribution < -0.4 is 10.0 Å². The van der Waals surface area contributed by atoms with Crippen LogP contribution in [-0.4, -0.2) is 32.0 Å². The molecule has 1 saturated carbocycles. The average molecular weight is 326 g/mol. The fraction of sp³-hybridized carbons (Fsp3) is 0.600. The highest BCUT2D eigenvalue weighted by Crippen LogP contribution is 2.21. The van der Waals surface area contributed by atoms with Gasteiger partial charge in [-0.1, -0.05) is 12.1 Å². The number of rotatable bonds is 6. The molecule has 1 aliphatic heterocycles. The second-order valence-corrected chi connectivity index (χ2v) is 8.70. The lowest BCUT2D eigenvalue weighted by Gasteiger charge is -2.22. The quantitative estimate of drug-likeness (QED) is 0.841. The van der Waals surface area contributed by atoms with Crippen LogP contribution in [0.2, 0.25) is 0 Å². The normalized spacial score (nSPS) is 23.1. The lowest BCUT2D eigenvalue weighted by Crippen LogP contribution is -2.38. The number of sulfonamides is 1. The number of thioether (sulfide) groups is 1. The Labute approximate surface area is 131 Å². The molecule has 6 heteroatoms. The first kappa shape index (κ1) is 15.3. The van der Waals surface area contributed by atoms with Crippen molar-refractivity contribution in [2.75, 3.05) is 11.5 Å². The molecule has 1 aromatic rings. The molecule has 2 aliphatic rings. The first-order valence-electron chi connectivity index (χ1n) is 7.56. The minimum absolute atomic E-state index is 0.0740. The van der Waals surface area contributed by atoms with Crippen molar-refractivity contribution in [1.82, 2.24) is 10.0 Å². The van der Waals surface area contributed by atoms with Gasteiger partial charge < -0.3 is 5.32 Å². The maximum absolute atomic E-state index is 12.4. The van der Waals surface area contributed by atoms with Crippen LogP contribution in [0.25, 0.3) is 0 Å². The van der Waals surface area contributed by atoms with Crippen LogP contribution in [0.4, 0.5) is 0 Å². The van der Waals surface area contributed by atoms with Gasteiger partial charge in [-0.05, 0) is 49.1 Å². The molecule has 0 amide bonds. The van der Waals surface area contributed by atoms with E-state index in [0.717, 1.165) is 36.5 Å². The maximum atomic E-state index is 12.4. The Kier molecular flexibility index (Phi) is 4.88. The summed E-state index contributed by atoms with van der Waals surface area (Å²) in [5, 5.41) is 3.43. The van der Waals surface area contributed by atoms with Crippen LogP contribution in [0, 0.1) is 0 Å². The third-order valence-corrected chi connectivity index (χ3v) is 6.64. The van der Waals surface area contributed by atoms with Gasteiger partial charge in [-0.15, -0.1) is 0 Å².